The molecule has 0 spiro atoms. The molecule has 1 aliphatic heterocycles. The van der Waals surface area contributed by atoms with Gasteiger partial charge < -0.3 is 14.8 Å². The van der Waals surface area contributed by atoms with Crippen LogP contribution in [0.25, 0.3) is 0 Å². The second-order valence-electron chi connectivity index (χ2n) is 5.55. The highest BCUT2D eigenvalue weighted by Crippen LogP contribution is 2.25. The third kappa shape index (κ3) is 5.17. The molecule has 1 heterocycles. The van der Waals surface area contributed by atoms with Crippen molar-refractivity contribution in [1.29, 1.82) is 0 Å². The predicted octanol–water partition coefficient (Wildman–Crippen LogP) is 3.68. The molecule has 0 aliphatic carbocycles. The molecule has 1 aliphatic rings. The summed E-state index contributed by atoms with van der Waals surface area (Å²) in [6, 6.07) is 8.85. The Balaban J connectivity index is 2.02. The molecule has 0 saturated carbocycles. The van der Waals surface area contributed by atoms with E-state index in [1.54, 1.807) is 0 Å². The molecule has 0 bridgehead atoms. The molecular weight excluding hydrogens is 318 g/mol. The first-order valence-corrected chi connectivity index (χ1v) is 8.16. The summed E-state index contributed by atoms with van der Waals surface area (Å²) >= 11 is 3.54. The highest BCUT2D eigenvalue weighted by Gasteiger charge is 2.21. The van der Waals surface area contributed by atoms with E-state index in [2.05, 4.69) is 53.3 Å². The van der Waals surface area contributed by atoms with Crippen molar-refractivity contribution < 1.29 is 9.47 Å². The van der Waals surface area contributed by atoms with Crippen LogP contribution in [0.2, 0.25) is 0 Å². The van der Waals surface area contributed by atoms with Crippen LogP contribution in [0.3, 0.4) is 0 Å². The largest absolute Gasteiger partial charge is 0.381 e. The summed E-state index contributed by atoms with van der Waals surface area (Å²) in [5, 5.41) is 3.48. The minimum Gasteiger partial charge on any atom is -0.381 e. The third-order valence-corrected chi connectivity index (χ3v) is 3.95. The molecule has 1 N–H and O–H groups in total. The smallest absolute Gasteiger partial charge is 0.0953 e. The Hall–Kier alpha value is -0.420. The van der Waals surface area contributed by atoms with Crippen molar-refractivity contribution in [2.75, 3.05) is 19.8 Å². The topological polar surface area (TPSA) is 30.5 Å². The fraction of sp³-hybridized carbons (Fsp3) is 0.625. The van der Waals surface area contributed by atoms with Crippen LogP contribution >= 0.6 is 15.9 Å². The Kier molecular flexibility index (Phi) is 6.49. The lowest BCUT2D eigenvalue weighted by Crippen LogP contribution is -2.33. The summed E-state index contributed by atoms with van der Waals surface area (Å²) in [6.45, 7) is 6.78. The Morgan fingerprint density at radius 3 is 2.75 bits per heavy atom. The van der Waals surface area contributed by atoms with Gasteiger partial charge in [0.25, 0.3) is 0 Å². The van der Waals surface area contributed by atoms with Crippen LogP contribution in [0.4, 0.5) is 0 Å². The van der Waals surface area contributed by atoms with Gasteiger partial charge in [-0.3, -0.25) is 0 Å². The highest BCUT2D eigenvalue weighted by atomic mass is 79.9. The van der Waals surface area contributed by atoms with Gasteiger partial charge in [0.15, 0.2) is 0 Å². The van der Waals surface area contributed by atoms with Crippen molar-refractivity contribution in [3.8, 4) is 0 Å². The summed E-state index contributed by atoms with van der Waals surface area (Å²) in [5.41, 5.74) is 1.22. The van der Waals surface area contributed by atoms with Crippen LogP contribution in [0.5, 0.6) is 0 Å². The zero-order chi connectivity index (χ0) is 14.4. The maximum Gasteiger partial charge on any atom is 0.0953 e. The zero-order valence-corrected chi connectivity index (χ0v) is 13.9. The SMILES string of the molecule is CC(C)NCC(OC1CCOCC1)c1cccc(Br)c1. The number of halogens is 1. The van der Waals surface area contributed by atoms with Gasteiger partial charge in [-0.25, -0.2) is 0 Å². The minimum atomic E-state index is 0.0954. The van der Waals surface area contributed by atoms with Crippen molar-refractivity contribution in [2.45, 2.75) is 44.9 Å². The van der Waals surface area contributed by atoms with E-state index >= 15 is 0 Å². The zero-order valence-electron chi connectivity index (χ0n) is 12.3. The van der Waals surface area contributed by atoms with Crippen LogP contribution < -0.4 is 5.32 Å². The lowest BCUT2D eigenvalue weighted by Gasteiger charge is -2.29. The highest BCUT2D eigenvalue weighted by molar-refractivity contribution is 9.10. The first-order chi connectivity index (χ1) is 9.65. The molecule has 20 heavy (non-hydrogen) atoms. The van der Waals surface area contributed by atoms with E-state index in [1.165, 1.54) is 5.56 Å². The standard InChI is InChI=1S/C16H24BrNO2/c1-12(2)18-11-16(13-4-3-5-14(17)10-13)20-15-6-8-19-9-7-15/h3-5,10,12,15-16,18H,6-9,11H2,1-2H3. The van der Waals surface area contributed by atoms with Crippen LogP contribution in [0.1, 0.15) is 38.4 Å². The summed E-state index contributed by atoms with van der Waals surface area (Å²) < 4.78 is 12.8. The summed E-state index contributed by atoms with van der Waals surface area (Å²) in [5.74, 6) is 0. The number of benzene rings is 1. The summed E-state index contributed by atoms with van der Waals surface area (Å²) in [6.07, 6.45) is 2.39. The van der Waals surface area contributed by atoms with E-state index in [1.807, 2.05) is 6.07 Å². The number of ether oxygens (including phenoxy) is 2. The number of hydrogen-bond acceptors (Lipinski definition) is 3. The normalized spacial score (nSPS) is 18.4. The molecular formula is C16H24BrNO2. The van der Waals surface area contributed by atoms with Gasteiger partial charge >= 0.3 is 0 Å². The Morgan fingerprint density at radius 1 is 1.35 bits per heavy atom. The lowest BCUT2D eigenvalue weighted by molar-refractivity contribution is -0.0693. The van der Waals surface area contributed by atoms with Gasteiger partial charge in [0.05, 0.1) is 12.2 Å². The fourth-order valence-electron chi connectivity index (χ4n) is 2.34. The number of rotatable bonds is 6. The van der Waals surface area contributed by atoms with E-state index in [0.717, 1.165) is 37.1 Å². The first-order valence-electron chi connectivity index (χ1n) is 7.37. The van der Waals surface area contributed by atoms with E-state index in [0.29, 0.717) is 12.1 Å². The quantitative estimate of drug-likeness (QED) is 0.855. The second-order valence-corrected chi connectivity index (χ2v) is 6.47. The Bertz CT molecular complexity index is 405. The van der Waals surface area contributed by atoms with Gasteiger partial charge in [0, 0.05) is 30.3 Å². The molecule has 0 amide bonds. The van der Waals surface area contributed by atoms with Gasteiger partial charge in [-0.2, -0.15) is 0 Å². The van der Waals surface area contributed by atoms with Crippen molar-refractivity contribution in [1.82, 2.24) is 5.32 Å². The van der Waals surface area contributed by atoms with E-state index in [4.69, 9.17) is 9.47 Å². The van der Waals surface area contributed by atoms with Crippen molar-refractivity contribution in [2.24, 2.45) is 0 Å². The molecule has 1 atom stereocenters. The van der Waals surface area contributed by atoms with Crippen molar-refractivity contribution in [3.05, 3.63) is 34.3 Å². The molecule has 0 radical (unpaired) electrons. The summed E-state index contributed by atoms with van der Waals surface area (Å²) in [7, 11) is 0. The molecule has 1 fully saturated rings. The maximum atomic E-state index is 6.32. The summed E-state index contributed by atoms with van der Waals surface area (Å²) in [4.78, 5) is 0. The van der Waals surface area contributed by atoms with Gasteiger partial charge in [-0.1, -0.05) is 41.9 Å². The van der Waals surface area contributed by atoms with Gasteiger partial charge in [0.2, 0.25) is 0 Å². The van der Waals surface area contributed by atoms with E-state index in [-0.39, 0.29) is 6.10 Å². The molecule has 1 aromatic rings. The monoisotopic (exact) mass is 341 g/mol. The first kappa shape index (κ1) is 16.0. The molecule has 1 aromatic carbocycles. The third-order valence-electron chi connectivity index (χ3n) is 3.46. The lowest BCUT2D eigenvalue weighted by atomic mass is 10.1. The molecule has 2 rings (SSSR count). The average Bonchev–Trinajstić information content (AvgIpc) is 2.44. The number of nitrogens with one attached hydrogen (secondary N) is 1. The molecule has 112 valence electrons. The average molecular weight is 342 g/mol. The van der Waals surface area contributed by atoms with Gasteiger partial charge in [-0.05, 0) is 30.5 Å². The van der Waals surface area contributed by atoms with Gasteiger partial charge in [-0.15, -0.1) is 0 Å². The van der Waals surface area contributed by atoms with Crippen LogP contribution in [0.15, 0.2) is 28.7 Å². The Labute approximate surface area is 130 Å². The minimum absolute atomic E-state index is 0.0954. The van der Waals surface area contributed by atoms with E-state index in [9.17, 15) is 0 Å². The molecule has 1 saturated heterocycles. The Morgan fingerprint density at radius 2 is 2.10 bits per heavy atom. The predicted molar refractivity (Wildman–Crippen MR) is 84.9 cm³/mol. The molecule has 1 unspecified atom stereocenters. The van der Waals surface area contributed by atoms with Crippen molar-refractivity contribution in [3.63, 3.8) is 0 Å². The molecule has 4 heteroatoms. The molecule has 3 nitrogen and oxygen atoms in total. The number of hydrogen-bond donors (Lipinski definition) is 1. The van der Waals surface area contributed by atoms with E-state index < -0.39 is 0 Å². The maximum absolute atomic E-state index is 6.32. The molecule has 0 aromatic heterocycles. The van der Waals surface area contributed by atoms with Crippen LogP contribution in [-0.4, -0.2) is 31.9 Å². The van der Waals surface area contributed by atoms with Gasteiger partial charge in [0.1, 0.15) is 0 Å². The van der Waals surface area contributed by atoms with Crippen molar-refractivity contribution >= 4 is 15.9 Å². The second kappa shape index (κ2) is 8.13. The van der Waals surface area contributed by atoms with Crippen LogP contribution in [-0.2, 0) is 9.47 Å². The fourth-order valence-corrected chi connectivity index (χ4v) is 2.76. The van der Waals surface area contributed by atoms with Crippen LogP contribution in [0, 0.1) is 0 Å².